The first-order valence-corrected chi connectivity index (χ1v) is 8.82. The van der Waals surface area contributed by atoms with Gasteiger partial charge in [0.15, 0.2) is 5.82 Å². The van der Waals surface area contributed by atoms with Crippen LogP contribution in [0.15, 0.2) is 30.9 Å². The summed E-state index contributed by atoms with van der Waals surface area (Å²) in [6, 6.07) is 3.40. The van der Waals surface area contributed by atoms with Crippen LogP contribution in [0.4, 0.5) is 17.6 Å². The molecule has 1 amide bonds. The second-order valence-corrected chi connectivity index (χ2v) is 6.98. The van der Waals surface area contributed by atoms with Gasteiger partial charge in [0.05, 0.1) is 12.4 Å². The largest absolute Gasteiger partial charge is 0.391 e. The lowest BCUT2D eigenvalue weighted by molar-refractivity contribution is -0.119. The highest BCUT2D eigenvalue weighted by Crippen LogP contribution is 2.27. The molecule has 1 aliphatic heterocycles. The van der Waals surface area contributed by atoms with Crippen LogP contribution >= 0.6 is 0 Å². The van der Waals surface area contributed by atoms with E-state index in [1.807, 2.05) is 22.9 Å². The predicted octanol–water partition coefficient (Wildman–Crippen LogP) is 0.675. The molecule has 10 nitrogen and oxygen atoms in total. The maximum absolute atomic E-state index is 11.8. The van der Waals surface area contributed by atoms with Gasteiger partial charge in [0.25, 0.3) is 0 Å². The number of carbonyl (C=O) groups is 1. The van der Waals surface area contributed by atoms with E-state index in [-0.39, 0.29) is 13.0 Å². The quantitative estimate of drug-likeness (QED) is 0.602. The number of aliphatic hydroxyl groups excluding tert-OH is 1. The number of nitrogens with zero attached hydrogens (tertiary/aromatic N) is 6. The standard InChI is InChI=1S/C17H22N8O2/c1-10(2)23-8-14(19-9-23)20-16-12-4-3-5-25(12)22-17(21-16)24-7-11(26)6-13(24)15(18)27/h3-5,8-11,13,26H,6-7H2,1-2H3,(H2,18,27)(H,20,21,22)/t11-,13-/m0/s1. The Bertz CT molecular complexity index is 978. The lowest BCUT2D eigenvalue weighted by atomic mass is 10.2. The molecule has 0 unspecified atom stereocenters. The molecule has 27 heavy (non-hydrogen) atoms. The Kier molecular flexibility index (Phi) is 4.19. The molecule has 0 aliphatic carbocycles. The Morgan fingerprint density at radius 1 is 1.44 bits per heavy atom. The Hall–Kier alpha value is -3.14. The van der Waals surface area contributed by atoms with Crippen molar-refractivity contribution in [2.45, 2.75) is 38.5 Å². The summed E-state index contributed by atoms with van der Waals surface area (Å²) in [5.74, 6) is 1.03. The minimum absolute atomic E-state index is 0.252. The first kappa shape index (κ1) is 17.3. The molecule has 3 aromatic rings. The first-order chi connectivity index (χ1) is 12.9. The van der Waals surface area contributed by atoms with Crippen LogP contribution in [0.1, 0.15) is 26.3 Å². The highest BCUT2D eigenvalue weighted by atomic mass is 16.3. The fourth-order valence-corrected chi connectivity index (χ4v) is 3.25. The number of hydrogen-bond donors (Lipinski definition) is 3. The number of aliphatic hydroxyl groups is 1. The Balaban J connectivity index is 1.72. The van der Waals surface area contributed by atoms with Gasteiger partial charge in [-0.1, -0.05) is 0 Å². The van der Waals surface area contributed by atoms with Crippen LogP contribution in [0.3, 0.4) is 0 Å². The molecule has 2 atom stereocenters. The van der Waals surface area contributed by atoms with E-state index in [1.54, 1.807) is 21.9 Å². The fraction of sp³-hybridized carbons (Fsp3) is 0.412. The van der Waals surface area contributed by atoms with Crippen molar-refractivity contribution in [3.63, 3.8) is 0 Å². The summed E-state index contributed by atoms with van der Waals surface area (Å²) >= 11 is 0. The van der Waals surface area contributed by atoms with Crippen LogP contribution in [0.5, 0.6) is 0 Å². The van der Waals surface area contributed by atoms with E-state index in [4.69, 9.17) is 5.73 Å². The number of imidazole rings is 1. The average molecular weight is 370 g/mol. The van der Waals surface area contributed by atoms with E-state index in [0.717, 1.165) is 5.52 Å². The summed E-state index contributed by atoms with van der Waals surface area (Å²) in [6.45, 7) is 4.39. The van der Waals surface area contributed by atoms with Crippen molar-refractivity contribution in [3.05, 3.63) is 30.9 Å². The van der Waals surface area contributed by atoms with E-state index in [0.29, 0.717) is 23.6 Å². The molecule has 4 heterocycles. The van der Waals surface area contributed by atoms with Crippen LogP contribution in [-0.2, 0) is 4.79 Å². The molecule has 0 spiro atoms. The van der Waals surface area contributed by atoms with Gasteiger partial charge in [-0.15, -0.1) is 5.10 Å². The number of rotatable bonds is 5. The molecule has 0 radical (unpaired) electrons. The smallest absolute Gasteiger partial charge is 0.246 e. The van der Waals surface area contributed by atoms with Crippen LogP contribution in [0.25, 0.3) is 5.52 Å². The SMILES string of the molecule is CC(C)n1cnc(Nc2nc(N3C[C@@H](O)C[C@H]3C(N)=O)nn3cccc23)c1. The third-order valence-corrected chi connectivity index (χ3v) is 4.69. The number of nitrogens with one attached hydrogen (secondary N) is 1. The minimum atomic E-state index is -0.649. The molecule has 0 saturated carbocycles. The van der Waals surface area contributed by atoms with E-state index >= 15 is 0 Å². The third-order valence-electron chi connectivity index (χ3n) is 4.69. The van der Waals surface area contributed by atoms with Gasteiger partial charge in [-0.05, 0) is 26.0 Å². The zero-order valence-corrected chi connectivity index (χ0v) is 15.1. The number of β-amino-alcohol motifs (C(OH)–C–C–N with tert-alkyl or cyclic N) is 1. The van der Waals surface area contributed by atoms with Crippen LogP contribution < -0.4 is 16.0 Å². The fourth-order valence-electron chi connectivity index (χ4n) is 3.25. The molecule has 1 aliphatic rings. The number of anilines is 3. The first-order valence-electron chi connectivity index (χ1n) is 8.82. The third kappa shape index (κ3) is 3.19. The molecule has 142 valence electrons. The number of carbonyl (C=O) groups excluding carboxylic acids is 1. The molecular formula is C17H22N8O2. The van der Waals surface area contributed by atoms with E-state index < -0.39 is 18.1 Å². The highest BCUT2D eigenvalue weighted by molar-refractivity contribution is 5.84. The van der Waals surface area contributed by atoms with Crippen LogP contribution in [0.2, 0.25) is 0 Å². The molecule has 0 aromatic carbocycles. The summed E-state index contributed by atoms with van der Waals surface area (Å²) in [4.78, 5) is 22.4. The maximum atomic E-state index is 11.8. The summed E-state index contributed by atoms with van der Waals surface area (Å²) in [5, 5.41) is 17.7. The van der Waals surface area contributed by atoms with Crippen molar-refractivity contribution in [2.24, 2.45) is 5.73 Å². The van der Waals surface area contributed by atoms with Crippen molar-refractivity contribution in [2.75, 3.05) is 16.8 Å². The highest BCUT2D eigenvalue weighted by Gasteiger charge is 2.36. The second-order valence-electron chi connectivity index (χ2n) is 6.98. The van der Waals surface area contributed by atoms with Gasteiger partial charge < -0.3 is 25.6 Å². The van der Waals surface area contributed by atoms with Crippen molar-refractivity contribution in [3.8, 4) is 0 Å². The predicted molar refractivity (Wildman–Crippen MR) is 99.8 cm³/mol. The Morgan fingerprint density at radius 3 is 2.96 bits per heavy atom. The zero-order chi connectivity index (χ0) is 19.1. The Morgan fingerprint density at radius 2 is 2.26 bits per heavy atom. The van der Waals surface area contributed by atoms with E-state index in [2.05, 4.69) is 34.2 Å². The normalized spacial score (nSPS) is 19.9. The number of amides is 1. The topological polar surface area (TPSA) is 127 Å². The summed E-state index contributed by atoms with van der Waals surface area (Å²) in [7, 11) is 0. The monoisotopic (exact) mass is 370 g/mol. The second kappa shape index (κ2) is 6.54. The van der Waals surface area contributed by atoms with Crippen LogP contribution in [0, 0.1) is 0 Å². The van der Waals surface area contributed by atoms with E-state index in [9.17, 15) is 9.90 Å². The van der Waals surface area contributed by atoms with Crippen molar-refractivity contribution in [1.29, 1.82) is 0 Å². The van der Waals surface area contributed by atoms with Crippen molar-refractivity contribution in [1.82, 2.24) is 24.1 Å². The molecule has 1 saturated heterocycles. The van der Waals surface area contributed by atoms with Gasteiger partial charge in [0, 0.05) is 31.4 Å². The van der Waals surface area contributed by atoms with Gasteiger partial charge in [0.1, 0.15) is 17.4 Å². The molecular weight excluding hydrogens is 348 g/mol. The molecule has 4 N–H and O–H groups in total. The number of fused-ring (bicyclic) bond motifs is 1. The number of primary amides is 1. The lowest BCUT2D eigenvalue weighted by Gasteiger charge is -2.22. The van der Waals surface area contributed by atoms with Gasteiger partial charge in [-0.2, -0.15) is 4.98 Å². The van der Waals surface area contributed by atoms with E-state index in [1.165, 1.54) is 0 Å². The van der Waals surface area contributed by atoms with Gasteiger partial charge in [-0.3, -0.25) is 4.79 Å². The molecule has 3 aromatic heterocycles. The number of aromatic nitrogens is 5. The van der Waals surface area contributed by atoms with Gasteiger partial charge in [0.2, 0.25) is 11.9 Å². The zero-order valence-electron chi connectivity index (χ0n) is 15.1. The lowest BCUT2D eigenvalue weighted by Crippen LogP contribution is -2.41. The van der Waals surface area contributed by atoms with Gasteiger partial charge in [-0.25, -0.2) is 9.50 Å². The molecule has 0 bridgehead atoms. The summed E-state index contributed by atoms with van der Waals surface area (Å²) < 4.78 is 3.66. The molecule has 1 fully saturated rings. The minimum Gasteiger partial charge on any atom is -0.391 e. The molecule has 10 heteroatoms. The maximum Gasteiger partial charge on any atom is 0.246 e. The Labute approximate surface area is 155 Å². The van der Waals surface area contributed by atoms with Crippen molar-refractivity contribution < 1.29 is 9.90 Å². The summed E-state index contributed by atoms with van der Waals surface area (Å²) in [5.41, 5.74) is 6.26. The van der Waals surface area contributed by atoms with Crippen molar-refractivity contribution >= 4 is 29.0 Å². The average Bonchev–Trinajstić information content (AvgIpc) is 3.33. The molecule has 4 rings (SSSR count). The number of hydrogen-bond acceptors (Lipinski definition) is 7. The summed E-state index contributed by atoms with van der Waals surface area (Å²) in [6.07, 6.45) is 5.07. The number of nitrogens with two attached hydrogens (primary N) is 1. The van der Waals surface area contributed by atoms with Gasteiger partial charge >= 0.3 is 0 Å². The van der Waals surface area contributed by atoms with Crippen LogP contribution in [-0.4, -0.2) is 53.9 Å².